The number of aliphatic hydroxyl groups is 2. The Hall–Kier alpha value is -2.92. The molecule has 1 aliphatic rings. The average molecular weight is 482 g/mol. The van der Waals surface area contributed by atoms with Crippen molar-refractivity contribution in [2.75, 3.05) is 25.0 Å². The van der Waals surface area contributed by atoms with Gasteiger partial charge in [0.25, 0.3) is 0 Å². The van der Waals surface area contributed by atoms with Crippen LogP contribution in [0, 0.1) is 0 Å². The Bertz CT molecular complexity index is 940. The lowest BCUT2D eigenvalue weighted by molar-refractivity contribution is -0.165. The van der Waals surface area contributed by atoms with Gasteiger partial charge >= 0.3 is 11.9 Å². The van der Waals surface area contributed by atoms with Gasteiger partial charge in [-0.15, -0.1) is 0 Å². The predicted octanol–water partition coefficient (Wildman–Crippen LogP) is 1.31. The summed E-state index contributed by atoms with van der Waals surface area (Å²) in [5, 5.41) is 40.2. The first kappa shape index (κ1) is 26.3. The molecule has 3 rings (SSSR count). The first-order valence-electron chi connectivity index (χ1n) is 10.4. The fourth-order valence-corrected chi connectivity index (χ4v) is 3.48. The van der Waals surface area contributed by atoms with Gasteiger partial charge in [0.15, 0.2) is 12.2 Å². The second kappa shape index (κ2) is 12.9. The van der Waals surface area contributed by atoms with Gasteiger partial charge in [-0.1, -0.05) is 17.7 Å². The molecule has 0 radical (unpaired) electrons. The summed E-state index contributed by atoms with van der Waals surface area (Å²) in [6.07, 6.45) is 1.09. The number of benzene rings is 1. The highest BCUT2D eigenvalue weighted by Gasteiger charge is 2.29. The van der Waals surface area contributed by atoms with Crippen molar-refractivity contribution in [2.45, 2.75) is 38.5 Å². The molecule has 0 unspecified atom stereocenters. The highest BCUT2D eigenvalue weighted by atomic mass is 35.5. The Morgan fingerprint density at radius 1 is 1.15 bits per heavy atom. The number of aromatic nitrogens is 1. The highest BCUT2D eigenvalue weighted by Crippen LogP contribution is 2.31. The number of nitrogens with zero attached hydrogens (tertiary/aromatic N) is 1. The largest absolute Gasteiger partial charge is 0.493 e. The molecule has 0 aliphatic carbocycles. The Labute approximate surface area is 196 Å². The molecule has 11 heteroatoms. The van der Waals surface area contributed by atoms with Crippen molar-refractivity contribution in [1.29, 1.82) is 0 Å². The average Bonchev–Trinajstić information content (AvgIpc) is 3.04. The topological polar surface area (TPSA) is 161 Å². The molecule has 2 aromatic rings. The summed E-state index contributed by atoms with van der Waals surface area (Å²) < 4.78 is 5.67. The third-order valence-electron chi connectivity index (χ3n) is 4.90. The van der Waals surface area contributed by atoms with Crippen molar-refractivity contribution in [3.63, 3.8) is 0 Å². The van der Waals surface area contributed by atoms with Crippen LogP contribution in [0.15, 0.2) is 30.6 Å². The SMILES string of the molecule is CCOc1ccncc1CNc1c(Cl)ccc2c1CCNCC2.O=C(O)[C@H](O)[C@@H](O)C(=O)O. The van der Waals surface area contributed by atoms with E-state index in [1.54, 1.807) is 6.20 Å². The lowest BCUT2D eigenvalue weighted by Crippen LogP contribution is -2.39. The number of pyridine rings is 1. The number of hydrogen-bond acceptors (Lipinski definition) is 8. The first-order chi connectivity index (χ1) is 15.8. The van der Waals surface area contributed by atoms with Crippen LogP contribution in [0.5, 0.6) is 5.75 Å². The van der Waals surface area contributed by atoms with E-state index in [-0.39, 0.29) is 0 Å². The summed E-state index contributed by atoms with van der Waals surface area (Å²) >= 11 is 6.45. The van der Waals surface area contributed by atoms with Crippen LogP contribution < -0.4 is 15.4 Å². The lowest BCUT2D eigenvalue weighted by atomic mass is 10.0. The van der Waals surface area contributed by atoms with E-state index in [0.29, 0.717) is 13.2 Å². The lowest BCUT2D eigenvalue weighted by Gasteiger charge is -2.17. The van der Waals surface area contributed by atoms with Crippen LogP contribution in [-0.2, 0) is 29.0 Å². The standard InChI is InChI=1S/C18H22ClN3O.C4H6O6/c1-2-23-17-7-10-21-11-14(17)12-22-18-15-6-9-20-8-5-13(15)3-4-16(18)19;5-1(3(7)8)2(6)4(9)10/h3-4,7,10-11,20,22H,2,5-6,8-9,12H2,1H3;1-2,5-6H,(H,7,8)(H,9,10)/t;1-,2-/m.1/s1. The van der Waals surface area contributed by atoms with Crippen LogP contribution in [-0.4, -0.2) is 69.3 Å². The number of hydrogen-bond donors (Lipinski definition) is 6. The number of fused-ring (bicyclic) bond motifs is 1. The van der Waals surface area contributed by atoms with E-state index in [1.807, 2.05) is 25.3 Å². The molecule has 0 spiro atoms. The number of ether oxygens (including phenoxy) is 1. The zero-order chi connectivity index (χ0) is 24.4. The summed E-state index contributed by atoms with van der Waals surface area (Å²) in [6.45, 7) is 5.28. The number of nitrogens with one attached hydrogen (secondary N) is 2. The molecule has 180 valence electrons. The van der Waals surface area contributed by atoms with Gasteiger partial charge in [0, 0.05) is 24.5 Å². The van der Waals surface area contributed by atoms with Gasteiger partial charge in [0.1, 0.15) is 5.75 Å². The quantitative estimate of drug-likeness (QED) is 0.324. The van der Waals surface area contributed by atoms with E-state index in [2.05, 4.69) is 21.7 Å². The van der Waals surface area contributed by atoms with Gasteiger partial charge in [0.05, 0.1) is 17.3 Å². The number of carboxylic acids is 2. The van der Waals surface area contributed by atoms with Crippen LogP contribution in [0.25, 0.3) is 0 Å². The third-order valence-corrected chi connectivity index (χ3v) is 5.22. The van der Waals surface area contributed by atoms with Crippen molar-refractivity contribution >= 4 is 29.2 Å². The third kappa shape index (κ3) is 7.57. The van der Waals surface area contributed by atoms with Crippen LogP contribution >= 0.6 is 11.6 Å². The summed E-state index contributed by atoms with van der Waals surface area (Å²) in [4.78, 5) is 23.7. The Balaban J connectivity index is 0.000000328. The van der Waals surface area contributed by atoms with Crippen molar-refractivity contribution in [3.05, 3.63) is 52.3 Å². The molecule has 10 nitrogen and oxygen atoms in total. The number of halogens is 1. The molecule has 6 N–H and O–H groups in total. The summed E-state index contributed by atoms with van der Waals surface area (Å²) in [6, 6.07) is 6.03. The smallest absolute Gasteiger partial charge is 0.335 e. The van der Waals surface area contributed by atoms with Crippen LogP contribution in [0.3, 0.4) is 0 Å². The minimum atomic E-state index is -2.27. The van der Waals surface area contributed by atoms with E-state index in [0.717, 1.165) is 48.0 Å². The van der Waals surface area contributed by atoms with Crippen molar-refractivity contribution in [1.82, 2.24) is 10.3 Å². The number of carbonyl (C=O) groups is 2. The predicted molar refractivity (Wildman–Crippen MR) is 122 cm³/mol. The summed E-state index contributed by atoms with van der Waals surface area (Å²) in [7, 11) is 0. The van der Waals surface area contributed by atoms with E-state index in [4.69, 9.17) is 36.8 Å². The maximum Gasteiger partial charge on any atom is 0.335 e. The summed E-state index contributed by atoms with van der Waals surface area (Å²) in [5.74, 6) is -2.67. The minimum absolute atomic E-state index is 0.643. The molecule has 33 heavy (non-hydrogen) atoms. The molecular formula is C22H28ClN3O7. The molecule has 0 saturated carbocycles. The second-order valence-electron chi connectivity index (χ2n) is 7.15. The van der Waals surface area contributed by atoms with Crippen LogP contribution in [0.1, 0.15) is 23.6 Å². The molecule has 1 aromatic heterocycles. The van der Waals surface area contributed by atoms with E-state index < -0.39 is 24.1 Å². The van der Waals surface area contributed by atoms with Crippen molar-refractivity contribution in [2.24, 2.45) is 0 Å². The van der Waals surface area contributed by atoms with Gasteiger partial charge in [-0.05, 0) is 56.1 Å². The first-order valence-corrected chi connectivity index (χ1v) is 10.8. The van der Waals surface area contributed by atoms with E-state index in [1.165, 1.54) is 11.1 Å². The van der Waals surface area contributed by atoms with Gasteiger partial charge in [-0.25, -0.2) is 9.59 Å². The number of aliphatic carboxylic acids is 2. The minimum Gasteiger partial charge on any atom is -0.493 e. The molecule has 0 amide bonds. The fourth-order valence-electron chi connectivity index (χ4n) is 3.23. The summed E-state index contributed by atoms with van der Waals surface area (Å²) in [5.41, 5.74) is 4.77. The highest BCUT2D eigenvalue weighted by molar-refractivity contribution is 6.33. The molecule has 0 bridgehead atoms. The monoisotopic (exact) mass is 481 g/mol. The Morgan fingerprint density at radius 3 is 2.45 bits per heavy atom. The van der Waals surface area contributed by atoms with Crippen molar-refractivity contribution < 1.29 is 34.8 Å². The zero-order valence-electron chi connectivity index (χ0n) is 18.1. The molecule has 2 heterocycles. The Kier molecular flexibility index (Phi) is 10.3. The zero-order valence-corrected chi connectivity index (χ0v) is 18.9. The van der Waals surface area contributed by atoms with E-state index in [9.17, 15) is 9.59 Å². The van der Waals surface area contributed by atoms with Crippen LogP contribution in [0.4, 0.5) is 5.69 Å². The molecule has 1 aromatic carbocycles. The number of anilines is 1. The van der Waals surface area contributed by atoms with Crippen LogP contribution in [0.2, 0.25) is 5.02 Å². The number of aliphatic hydroxyl groups excluding tert-OH is 2. The number of rotatable bonds is 8. The molecular weight excluding hydrogens is 454 g/mol. The normalized spacial score (nSPS) is 14.5. The number of carboxylic acid groups (broad SMARTS) is 2. The van der Waals surface area contributed by atoms with E-state index >= 15 is 0 Å². The van der Waals surface area contributed by atoms with Gasteiger partial charge in [0.2, 0.25) is 0 Å². The van der Waals surface area contributed by atoms with Gasteiger partial charge < -0.3 is 35.8 Å². The Morgan fingerprint density at radius 2 is 1.82 bits per heavy atom. The molecule has 0 fully saturated rings. The molecule has 2 atom stereocenters. The maximum absolute atomic E-state index is 9.77. The van der Waals surface area contributed by atoms with Crippen molar-refractivity contribution in [3.8, 4) is 5.75 Å². The van der Waals surface area contributed by atoms with Gasteiger partial charge in [-0.2, -0.15) is 0 Å². The molecule has 0 saturated heterocycles. The second-order valence-corrected chi connectivity index (χ2v) is 7.55. The maximum atomic E-state index is 9.77. The fraction of sp³-hybridized carbons (Fsp3) is 0.409. The molecule has 1 aliphatic heterocycles. The van der Waals surface area contributed by atoms with Gasteiger partial charge in [-0.3, -0.25) is 4.98 Å².